The second-order valence-electron chi connectivity index (χ2n) is 3.84. The topological polar surface area (TPSA) is 86.6 Å². The van der Waals surface area contributed by atoms with Crippen LogP contribution in [-0.2, 0) is 4.79 Å². The normalized spacial score (nSPS) is 11.9. The van der Waals surface area contributed by atoms with Crippen LogP contribution in [0.25, 0.3) is 0 Å². The van der Waals surface area contributed by atoms with Crippen molar-refractivity contribution in [1.29, 1.82) is 0 Å². The first kappa shape index (κ1) is 14.5. The van der Waals surface area contributed by atoms with Crippen molar-refractivity contribution in [2.24, 2.45) is 0 Å². The van der Waals surface area contributed by atoms with Gasteiger partial charge in [0.2, 0.25) is 0 Å². The third-order valence-electron chi connectivity index (χ3n) is 2.44. The Hall–Kier alpha value is -1.59. The van der Waals surface area contributed by atoms with Crippen LogP contribution in [0.4, 0.5) is 0 Å². The summed E-state index contributed by atoms with van der Waals surface area (Å²) in [5.74, 6) is -1.68. The molecule has 1 unspecified atom stereocenters. The lowest BCUT2D eigenvalue weighted by Gasteiger charge is -2.13. The van der Waals surface area contributed by atoms with Crippen LogP contribution >= 0.6 is 11.6 Å². The predicted octanol–water partition coefficient (Wildman–Crippen LogP) is 1.21. The van der Waals surface area contributed by atoms with Crippen LogP contribution in [-0.4, -0.2) is 34.7 Å². The van der Waals surface area contributed by atoms with Crippen LogP contribution in [0.5, 0.6) is 0 Å². The van der Waals surface area contributed by atoms with Crippen molar-refractivity contribution in [3.8, 4) is 0 Å². The van der Waals surface area contributed by atoms with Gasteiger partial charge in [-0.2, -0.15) is 0 Å². The predicted molar refractivity (Wildman–Crippen MR) is 66.8 cm³/mol. The molecule has 18 heavy (non-hydrogen) atoms. The summed E-state index contributed by atoms with van der Waals surface area (Å²) < 4.78 is 0. The number of aryl methyl sites for hydroxylation is 1. The Morgan fingerprint density at radius 1 is 1.44 bits per heavy atom. The van der Waals surface area contributed by atoms with Gasteiger partial charge in [0.25, 0.3) is 5.91 Å². The molecule has 0 heterocycles. The Morgan fingerprint density at radius 3 is 2.61 bits per heavy atom. The van der Waals surface area contributed by atoms with Gasteiger partial charge in [0, 0.05) is 23.6 Å². The minimum Gasteiger partial charge on any atom is -0.480 e. The van der Waals surface area contributed by atoms with Crippen molar-refractivity contribution in [2.45, 2.75) is 19.4 Å². The zero-order chi connectivity index (χ0) is 13.7. The van der Waals surface area contributed by atoms with E-state index in [9.17, 15) is 9.59 Å². The minimum atomic E-state index is -1.18. The first-order valence-corrected chi connectivity index (χ1v) is 5.74. The van der Waals surface area contributed by atoms with Crippen molar-refractivity contribution in [3.05, 3.63) is 34.3 Å². The number of aliphatic hydroxyl groups is 1. The molecule has 1 atom stereocenters. The van der Waals surface area contributed by atoms with Crippen molar-refractivity contribution >= 4 is 23.5 Å². The number of hydrogen-bond donors (Lipinski definition) is 3. The number of carboxylic acid groups (broad SMARTS) is 1. The highest BCUT2D eigenvalue weighted by Crippen LogP contribution is 2.16. The molecule has 0 fully saturated rings. The minimum absolute atomic E-state index is 0.0341. The molecule has 0 aliphatic rings. The molecule has 0 aliphatic carbocycles. The van der Waals surface area contributed by atoms with E-state index in [1.54, 1.807) is 19.1 Å². The van der Waals surface area contributed by atoms with Gasteiger partial charge in [-0.1, -0.05) is 11.6 Å². The molecule has 0 saturated carbocycles. The molecule has 6 heteroatoms. The molecule has 0 radical (unpaired) electrons. The van der Waals surface area contributed by atoms with Gasteiger partial charge in [0.15, 0.2) is 0 Å². The van der Waals surface area contributed by atoms with Crippen LogP contribution in [0.1, 0.15) is 22.3 Å². The fourth-order valence-corrected chi connectivity index (χ4v) is 1.53. The molecule has 0 saturated heterocycles. The lowest BCUT2D eigenvalue weighted by atomic mass is 10.1. The number of rotatable bonds is 5. The van der Waals surface area contributed by atoms with Crippen molar-refractivity contribution in [3.63, 3.8) is 0 Å². The summed E-state index contributed by atoms with van der Waals surface area (Å²) in [5.41, 5.74) is 1.07. The first-order valence-electron chi connectivity index (χ1n) is 5.36. The number of benzene rings is 1. The number of carboxylic acids is 1. The summed E-state index contributed by atoms with van der Waals surface area (Å²) in [7, 11) is 0. The van der Waals surface area contributed by atoms with E-state index < -0.39 is 17.9 Å². The number of halogens is 1. The average Bonchev–Trinajstić information content (AvgIpc) is 2.31. The van der Waals surface area contributed by atoms with Gasteiger partial charge >= 0.3 is 5.97 Å². The Kier molecular flexibility index (Phi) is 5.12. The zero-order valence-corrected chi connectivity index (χ0v) is 10.6. The van der Waals surface area contributed by atoms with E-state index >= 15 is 0 Å². The Bertz CT molecular complexity index is 461. The van der Waals surface area contributed by atoms with E-state index in [0.29, 0.717) is 10.6 Å². The maximum absolute atomic E-state index is 11.8. The molecular formula is C12H14ClNO4. The third kappa shape index (κ3) is 3.72. The van der Waals surface area contributed by atoms with Crippen LogP contribution in [0, 0.1) is 6.92 Å². The molecule has 5 nitrogen and oxygen atoms in total. The van der Waals surface area contributed by atoms with Gasteiger partial charge in [-0.05, 0) is 30.7 Å². The van der Waals surface area contributed by atoms with Gasteiger partial charge in [-0.25, -0.2) is 4.79 Å². The maximum atomic E-state index is 11.8. The van der Waals surface area contributed by atoms with Crippen LogP contribution in [0.3, 0.4) is 0 Å². The number of carbonyl (C=O) groups is 2. The number of nitrogens with one attached hydrogen (secondary N) is 1. The summed E-state index contributed by atoms with van der Waals surface area (Å²) in [4.78, 5) is 22.6. The monoisotopic (exact) mass is 271 g/mol. The summed E-state index contributed by atoms with van der Waals surface area (Å²) in [5, 5.41) is 20.4. The SMILES string of the molecule is Cc1cc(C(=O)NC(CCO)C(=O)O)ccc1Cl. The van der Waals surface area contributed by atoms with Gasteiger partial charge in [0.05, 0.1) is 0 Å². The molecule has 0 aliphatic heterocycles. The summed E-state index contributed by atoms with van der Waals surface area (Å²) in [6.07, 6.45) is -0.0341. The Balaban J connectivity index is 2.80. The van der Waals surface area contributed by atoms with Crippen LogP contribution < -0.4 is 5.32 Å². The molecule has 1 rings (SSSR count). The van der Waals surface area contributed by atoms with E-state index in [1.807, 2.05) is 0 Å². The second kappa shape index (κ2) is 6.37. The van der Waals surface area contributed by atoms with Crippen molar-refractivity contribution in [1.82, 2.24) is 5.32 Å². The first-order chi connectivity index (χ1) is 8.45. The number of carbonyl (C=O) groups excluding carboxylic acids is 1. The van der Waals surface area contributed by atoms with E-state index in [1.165, 1.54) is 6.07 Å². The van der Waals surface area contributed by atoms with Crippen molar-refractivity contribution < 1.29 is 19.8 Å². The Morgan fingerprint density at radius 2 is 2.11 bits per heavy atom. The van der Waals surface area contributed by atoms with E-state index in [4.69, 9.17) is 21.8 Å². The largest absolute Gasteiger partial charge is 0.480 e. The lowest BCUT2D eigenvalue weighted by molar-refractivity contribution is -0.139. The molecule has 3 N–H and O–H groups in total. The second-order valence-corrected chi connectivity index (χ2v) is 4.25. The summed E-state index contributed by atoms with van der Waals surface area (Å²) >= 11 is 5.83. The van der Waals surface area contributed by atoms with Crippen LogP contribution in [0.15, 0.2) is 18.2 Å². The highest BCUT2D eigenvalue weighted by molar-refractivity contribution is 6.31. The number of amides is 1. The smallest absolute Gasteiger partial charge is 0.326 e. The average molecular weight is 272 g/mol. The molecule has 0 spiro atoms. The molecule has 0 aromatic heterocycles. The Labute approximate surface area is 109 Å². The lowest BCUT2D eigenvalue weighted by Crippen LogP contribution is -2.41. The van der Waals surface area contributed by atoms with Crippen molar-refractivity contribution in [2.75, 3.05) is 6.61 Å². The molecule has 0 bridgehead atoms. The van der Waals surface area contributed by atoms with Gasteiger partial charge in [0.1, 0.15) is 6.04 Å². The van der Waals surface area contributed by atoms with Gasteiger partial charge in [-0.3, -0.25) is 4.79 Å². The van der Waals surface area contributed by atoms with E-state index in [0.717, 1.165) is 5.56 Å². The summed E-state index contributed by atoms with van der Waals surface area (Å²) in [6, 6.07) is 3.57. The van der Waals surface area contributed by atoms with E-state index in [-0.39, 0.29) is 13.0 Å². The molecule has 1 amide bonds. The standard InChI is InChI=1S/C12H14ClNO4/c1-7-6-8(2-3-9(7)13)11(16)14-10(4-5-15)12(17)18/h2-3,6,10,15H,4-5H2,1H3,(H,14,16)(H,17,18). The molecule has 98 valence electrons. The third-order valence-corrected chi connectivity index (χ3v) is 2.87. The molecule has 1 aromatic rings. The highest BCUT2D eigenvalue weighted by Gasteiger charge is 2.20. The van der Waals surface area contributed by atoms with E-state index in [2.05, 4.69) is 5.32 Å². The van der Waals surface area contributed by atoms with Gasteiger partial charge in [-0.15, -0.1) is 0 Å². The number of hydrogen-bond acceptors (Lipinski definition) is 3. The number of aliphatic hydroxyl groups excluding tert-OH is 1. The molecule has 1 aromatic carbocycles. The highest BCUT2D eigenvalue weighted by atomic mass is 35.5. The number of aliphatic carboxylic acids is 1. The van der Waals surface area contributed by atoms with Gasteiger partial charge < -0.3 is 15.5 Å². The molecular weight excluding hydrogens is 258 g/mol. The zero-order valence-electron chi connectivity index (χ0n) is 9.81. The van der Waals surface area contributed by atoms with Crippen LogP contribution in [0.2, 0.25) is 5.02 Å². The quantitative estimate of drug-likeness (QED) is 0.751. The maximum Gasteiger partial charge on any atom is 0.326 e. The fraction of sp³-hybridized carbons (Fsp3) is 0.333. The fourth-order valence-electron chi connectivity index (χ4n) is 1.41. The summed E-state index contributed by atoms with van der Waals surface area (Å²) in [6.45, 7) is 1.44.